The maximum Gasteiger partial charge on any atom is 0.245 e. The van der Waals surface area contributed by atoms with Crippen LogP contribution in [-0.4, -0.2) is 61.0 Å². The van der Waals surface area contributed by atoms with Crippen molar-refractivity contribution in [1.82, 2.24) is 30.0 Å². The Balaban J connectivity index is 1.37. The first-order chi connectivity index (χ1) is 14.1. The Morgan fingerprint density at radius 1 is 1.07 bits per heavy atom. The average molecular weight is 396 g/mol. The number of carbonyl (C=O) groups is 2. The molecule has 8 heteroatoms. The van der Waals surface area contributed by atoms with Gasteiger partial charge in [0, 0.05) is 26.6 Å². The van der Waals surface area contributed by atoms with Crippen LogP contribution in [0.15, 0.2) is 30.3 Å². The number of aryl methyl sites for hydroxylation is 2. The third-order valence-electron chi connectivity index (χ3n) is 6.04. The largest absolute Gasteiger partial charge is 0.331 e. The minimum absolute atomic E-state index is 0.0457. The van der Waals surface area contributed by atoms with Gasteiger partial charge in [0.2, 0.25) is 11.8 Å². The van der Waals surface area contributed by atoms with Crippen LogP contribution >= 0.6 is 0 Å². The molecule has 3 heterocycles. The minimum Gasteiger partial charge on any atom is -0.331 e. The number of amides is 2. The summed E-state index contributed by atoms with van der Waals surface area (Å²) in [5.41, 5.74) is 1.24. The second kappa shape index (κ2) is 8.71. The average Bonchev–Trinajstić information content (AvgIpc) is 3.48. The number of tetrazole rings is 1. The van der Waals surface area contributed by atoms with Crippen LogP contribution in [0.2, 0.25) is 0 Å². The van der Waals surface area contributed by atoms with Gasteiger partial charge in [0.1, 0.15) is 6.04 Å². The Morgan fingerprint density at radius 3 is 2.59 bits per heavy atom. The number of rotatable bonds is 6. The molecule has 154 valence electrons. The van der Waals surface area contributed by atoms with Crippen LogP contribution in [-0.2, 0) is 23.1 Å². The highest BCUT2D eigenvalue weighted by molar-refractivity contribution is 5.88. The summed E-state index contributed by atoms with van der Waals surface area (Å²) in [5.74, 6) is 0.854. The lowest BCUT2D eigenvalue weighted by Gasteiger charge is -2.31. The van der Waals surface area contributed by atoms with Gasteiger partial charge >= 0.3 is 0 Å². The Hall–Kier alpha value is -2.77. The smallest absolute Gasteiger partial charge is 0.245 e. The zero-order chi connectivity index (χ0) is 20.2. The molecule has 0 bridgehead atoms. The molecule has 0 unspecified atom stereocenters. The molecule has 0 radical (unpaired) electrons. The number of carbonyl (C=O) groups excluding carboxylic acids is 2. The van der Waals surface area contributed by atoms with Crippen molar-refractivity contribution >= 4 is 11.8 Å². The molecule has 2 aliphatic heterocycles. The van der Waals surface area contributed by atoms with Gasteiger partial charge in [-0.25, -0.2) is 4.68 Å². The van der Waals surface area contributed by atoms with Crippen molar-refractivity contribution in [3.05, 3.63) is 41.7 Å². The van der Waals surface area contributed by atoms with E-state index < -0.39 is 0 Å². The van der Waals surface area contributed by atoms with Gasteiger partial charge in [-0.15, -0.1) is 5.10 Å². The molecule has 1 aromatic carbocycles. The molecule has 0 saturated carbocycles. The van der Waals surface area contributed by atoms with Crippen LogP contribution in [0.1, 0.15) is 56.0 Å². The Bertz CT molecular complexity index is 852. The van der Waals surface area contributed by atoms with Gasteiger partial charge in [0.15, 0.2) is 5.82 Å². The van der Waals surface area contributed by atoms with E-state index in [-0.39, 0.29) is 23.9 Å². The third-order valence-corrected chi connectivity index (χ3v) is 6.04. The molecule has 2 fully saturated rings. The quantitative estimate of drug-likeness (QED) is 0.744. The molecule has 0 spiro atoms. The molecular formula is C21H28N6O2. The van der Waals surface area contributed by atoms with Gasteiger partial charge in [-0.05, 0) is 54.5 Å². The first-order valence-corrected chi connectivity index (χ1v) is 10.5. The molecule has 0 N–H and O–H groups in total. The number of nitrogens with zero attached hydrogens (tertiary/aromatic N) is 6. The highest BCUT2D eigenvalue weighted by Gasteiger charge is 2.41. The van der Waals surface area contributed by atoms with Gasteiger partial charge in [-0.1, -0.05) is 30.3 Å². The summed E-state index contributed by atoms with van der Waals surface area (Å²) in [7, 11) is 1.80. The molecule has 2 aliphatic rings. The van der Waals surface area contributed by atoms with E-state index in [1.165, 1.54) is 5.56 Å². The topological polar surface area (TPSA) is 84.2 Å². The van der Waals surface area contributed by atoms with Crippen LogP contribution in [0, 0.1) is 0 Å². The molecule has 29 heavy (non-hydrogen) atoms. The molecule has 0 aliphatic carbocycles. The summed E-state index contributed by atoms with van der Waals surface area (Å²) in [6.07, 6.45) is 5.58. The van der Waals surface area contributed by atoms with Crippen molar-refractivity contribution in [2.24, 2.45) is 7.05 Å². The van der Waals surface area contributed by atoms with Crippen molar-refractivity contribution in [3.63, 3.8) is 0 Å². The summed E-state index contributed by atoms with van der Waals surface area (Å²) >= 11 is 0. The van der Waals surface area contributed by atoms with E-state index >= 15 is 0 Å². The fourth-order valence-corrected chi connectivity index (χ4v) is 4.56. The zero-order valence-electron chi connectivity index (χ0n) is 16.9. The maximum absolute atomic E-state index is 13.3. The van der Waals surface area contributed by atoms with E-state index in [1.807, 2.05) is 23.1 Å². The van der Waals surface area contributed by atoms with Crippen molar-refractivity contribution in [1.29, 1.82) is 0 Å². The molecule has 2 saturated heterocycles. The van der Waals surface area contributed by atoms with Crippen molar-refractivity contribution < 1.29 is 9.59 Å². The molecule has 8 nitrogen and oxygen atoms in total. The fourth-order valence-electron chi connectivity index (χ4n) is 4.56. The molecular weight excluding hydrogens is 368 g/mol. The number of aromatic nitrogens is 4. The van der Waals surface area contributed by atoms with E-state index in [0.29, 0.717) is 19.5 Å². The van der Waals surface area contributed by atoms with Crippen LogP contribution in [0.4, 0.5) is 0 Å². The predicted molar refractivity (Wildman–Crippen MR) is 107 cm³/mol. The van der Waals surface area contributed by atoms with Crippen molar-refractivity contribution in [3.8, 4) is 0 Å². The van der Waals surface area contributed by atoms with Crippen LogP contribution in [0.3, 0.4) is 0 Å². The summed E-state index contributed by atoms with van der Waals surface area (Å²) < 4.78 is 1.64. The molecule has 2 atom stereocenters. The van der Waals surface area contributed by atoms with E-state index in [2.05, 4.69) is 27.7 Å². The highest BCUT2D eigenvalue weighted by Crippen LogP contribution is 2.33. The standard InChI is InChI=1S/C21H28N6O2/c1-25-20(22-23-24-25)17-11-6-15-27(17)21(29)18-12-7-14-26(18)19(28)13-5-10-16-8-3-2-4-9-16/h2-4,8-9,17-18H,5-7,10-15H2,1H3/t17-,18-/m0/s1. The molecule has 4 rings (SSSR count). The van der Waals surface area contributed by atoms with Crippen LogP contribution in [0.5, 0.6) is 0 Å². The van der Waals surface area contributed by atoms with Gasteiger partial charge in [0.05, 0.1) is 6.04 Å². The van der Waals surface area contributed by atoms with E-state index in [1.54, 1.807) is 16.6 Å². The Morgan fingerprint density at radius 2 is 1.83 bits per heavy atom. The normalized spacial score (nSPS) is 21.7. The van der Waals surface area contributed by atoms with Gasteiger partial charge in [-0.3, -0.25) is 9.59 Å². The van der Waals surface area contributed by atoms with Crippen molar-refractivity contribution in [2.75, 3.05) is 13.1 Å². The maximum atomic E-state index is 13.3. The molecule has 2 amide bonds. The van der Waals surface area contributed by atoms with E-state index in [4.69, 9.17) is 0 Å². The Kier molecular flexibility index (Phi) is 5.87. The predicted octanol–water partition coefficient (Wildman–Crippen LogP) is 1.89. The SMILES string of the molecule is Cn1nnnc1[C@@H]1CCCN1C(=O)[C@@H]1CCCN1C(=O)CCCc1ccccc1. The molecule has 1 aromatic heterocycles. The van der Waals surface area contributed by atoms with Crippen molar-refractivity contribution in [2.45, 2.75) is 57.0 Å². The lowest BCUT2D eigenvalue weighted by molar-refractivity contribution is -0.144. The van der Waals surface area contributed by atoms with Gasteiger partial charge < -0.3 is 9.80 Å². The summed E-state index contributed by atoms with van der Waals surface area (Å²) in [4.78, 5) is 29.9. The van der Waals surface area contributed by atoms with E-state index in [9.17, 15) is 9.59 Å². The number of likely N-dealkylation sites (tertiary alicyclic amines) is 2. The summed E-state index contributed by atoms with van der Waals surface area (Å²) in [6, 6.07) is 9.76. The summed E-state index contributed by atoms with van der Waals surface area (Å²) in [6.45, 7) is 1.37. The lowest BCUT2D eigenvalue weighted by Crippen LogP contribution is -2.47. The van der Waals surface area contributed by atoms with Crippen LogP contribution in [0.25, 0.3) is 0 Å². The monoisotopic (exact) mass is 396 g/mol. The van der Waals surface area contributed by atoms with E-state index in [0.717, 1.165) is 44.3 Å². The second-order valence-electron chi connectivity index (χ2n) is 7.93. The lowest BCUT2D eigenvalue weighted by atomic mass is 10.1. The third kappa shape index (κ3) is 4.16. The van der Waals surface area contributed by atoms with Gasteiger partial charge in [-0.2, -0.15) is 0 Å². The number of hydrogen-bond donors (Lipinski definition) is 0. The summed E-state index contributed by atoms with van der Waals surface area (Å²) in [5, 5.41) is 11.7. The van der Waals surface area contributed by atoms with Gasteiger partial charge in [0.25, 0.3) is 0 Å². The minimum atomic E-state index is -0.346. The Labute approximate surface area is 170 Å². The highest BCUT2D eigenvalue weighted by atomic mass is 16.2. The van der Waals surface area contributed by atoms with Crippen LogP contribution < -0.4 is 0 Å². The number of benzene rings is 1. The fraction of sp³-hybridized carbons (Fsp3) is 0.571. The zero-order valence-corrected chi connectivity index (χ0v) is 16.9. The first kappa shape index (κ1) is 19.5. The first-order valence-electron chi connectivity index (χ1n) is 10.5. The number of hydrogen-bond acceptors (Lipinski definition) is 5. The molecule has 2 aromatic rings. The second-order valence-corrected chi connectivity index (χ2v) is 7.93.